The van der Waals surface area contributed by atoms with Crippen molar-refractivity contribution in [2.24, 2.45) is 0 Å². The molecule has 2 heterocycles. The molecule has 5 heteroatoms. The van der Waals surface area contributed by atoms with Crippen LogP contribution in [0, 0.1) is 6.92 Å². The van der Waals surface area contributed by atoms with Crippen molar-refractivity contribution < 1.29 is 9.53 Å². The summed E-state index contributed by atoms with van der Waals surface area (Å²) >= 11 is 1.69. The number of thiazole rings is 1. The van der Waals surface area contributed by atoms with Crippen molar-refractivity contribution in [1.82, 2.24) is 4.98 Å². The summed E-state index contributed by atoms with van der Waals surface area (Å²) < 4.78 is 6.60. The number of carbonyl (C=O) groups is 1. The van der Waals surface area contributed by atoms with Gasteiger partial charge in [-0.1, -0.05) is 6.07 Å². The Balaban J connectivity index is 1.53. The Morgan fingerprint density at radius 1 is 1.25 bits per heavy atom. The van der Waals surface area contributed by atoms with Crippen LogP contribution >= 0.6 is 11.3 Å². The van der Waals surface area contributed by atoms with Crippen LogP contribution in [0.4, 0.5) is 5.69 Å². The fourth-order valence-electron chi connectivity index (χ4n) is 2.86. The Morgan fingerprint density at radius 2 is 2.08 bits per heavy atom. The molecule has 122 valence electrons. The minimum Gasteiger partial charge on any atom is -0.368 e. The zero-order valence-corrected chi connectivity index (χ0v) is 14.2. The molecular weight excluding hydrogens is 320 g/mol. The SMILES string of the molecule is Cc1ccc2nc(-c3ccc(NC(=O)C4CCCO4)cc3)sc2c1. The maximum Gasteiger partial charge on any atom is 0.253 e. The van der Waals surface area contributed by atoms with Crippen LogP contribution in [-0.4, -0.2) is 23.6 Å². The molecule has 4 nitrogen and oxygen atoms in total. The van der Waals surface area contributed by atoms with Crippen LogP contribution in [0.1, 0.15) is 18.4 Å². The summed E-state index contributed by atoms with van der Waals surface area (Å²) in [5, 5.41) is 3.91. The van der Waals surface area contributed by atoms with Crippen LogP contribution in [-0.2, 0) is 9.53 Å². The number of ether oxygens (including phenoxy) is 1. The first kappa shape index (κ1) is 15.3. The van der Waals surface area contributed by atoms with Crippen LogP contribution in [0.2, 0.25) is 0 Å². The maximum absolute atomic E-state index is 12.1. The monoisotopic (exact) mass is 338 g/mol. The molecule has 1 aliphatic rings. The number of amides is 1. The van der Waals surface area contributed by atoms with Gasteiger partial charge in [-0.3, -0.25) is 4.79 Å². The molecule has 0 radical (unpaired) electrons. The van der Waals surface area contributed by atoms with Gasteiger partial charge in [0.05, 0.1) is 10.2 Å². The lowest BCUT2D eigenvalue weighted by molar-refractivity contribution is -0.124. The number of hydrogen-bond acceptors (Lipinski definition) is 4. The van der Waals surface area contributed by atoms with Gasteiger partial charge in [0.25, 0.3) is 5.91 Å². The molecule has 0 saturated carbocycles. The third-order valence-electron chi connectivity index (χ3n) is 4.17. The molecule has 3 aromatic rings. The fourth-order valence-corrected chi connectivity index (χ4v) is 3.93. The summed E-state index contributed by atoms with van der Waals surface area (Å²) in [7, 11) is 0. The largest absolute Gasteiger partial charge is 0.368 e. The molecular formula is C19H18N2O2S. The predicted octanol–water partition coefficient (Wildman–Crippen LogP) is 4.39. The number of hydrogen-bond donors (Lipinski definition) is 1. The van der Waals surface area contributed by atoms with E-state index in [4.69, 9.17) is 4.74 Å². The van der Waals surface area contributed by atoms with Gasteiger partial charge in [-0.25, -0.2) is 4.98 Å². The number of benzene rings is 2. The zero-order chi connectivity index (χ0) is 16.5. The van der Waals surface area contributed by atoms with Gasteiger partial charge in [-0.05, 0) is 61.7 Å². The first-order valence-corrected chi connectivity index (χ1v) is 8.91. The first-order valence-electron chi connectivity index (χ1n) is 8.09. The van der Waals surface area contributed by atoms with Crippen LogP contribution in [0.5, 0.6) is 0 Å². The second kappa shape index (κ2) is 6.34. The van der Waals surface area contributed by atoms with Crippen molar-refractivity contribution in [2.75, 3.05) is 11.9 Å². The molecule has 1 fully saturated rings. The first-order chi connectivity index (χ1) is 11.7. The average Bonchev–Trinajstić information content (AvgIpc) is 3.24. The third-order valence-corrected chi connectivity index (χ3v) is 5.23. The number of nitrogens with one attached hydrogen (secondary N) is 1. The lowest BCUT2D eigenvalue weighted by Gasteiger charge is -2.10. The van der Waals surface area contributed by atoms with E-state index < -0.39 is 0 Å². The number of nitrogens with zero attached hydrogens (tertiary/aromatic N) is 1. The van der Waals surface area contributed by atoms with Crippen LogP contribution in [0.3, 0.4) is 0 Å². The summed E-state index contributed by atoms with van der Waals surface area (Å²) in [5.41, 5.74) is 4.11. The standard InChI is InChI=1S/C19H18N2O2S/c1-12-4-9-15-17(11-12)24-19(21-15)13-5-7-14(8-6-13)20-18(22)16-3-2-10-23-16/h4-9,11,16H,2-3,10H2,1H3,(H,20,22). The van der Waals surface area contributed by atoms with E-state index in [-0.39, 0.29) is 12.0 Å². The van der Waals surface area contributed by atoms with Gasteiger partial charge in [-0.15, -0.1) is 11.3 Å². The molecule has 0 bridgehead atoms. The van der Waals surface area contributed by atoms with Gasteiger partial charge in [0, 0.05) is 17.9 Å². The van der Waals surface area contributed by atoms with Crippen LogP contribution < -0.4 is 5.32 Å². The molecule has 1 unspecified atom stereocenters. The molecule has 0 aliphatic carbocycles. The van der Waals surface area contributed by atoms with Crippen molar-refractivity contribution >= 4 is 33.1 Å². The Kier molecular flexibility index (Phi) is 4.04. The van der Waals surface area contributed by atoms with E-state index >= 15 is 0 Å². The number of carbonyl (C=O) groups excluding carboxylic acids is 1. The van der Waals surface area contributed by atoms with Gasteiger partial charge in [0.1, 0.15) is 11.1 Å². The summed E-state index contributed by atoms with van der Waals surface area (Å²) in [6.45, 7) is 2.76. The molecule has 4 rings (SSSR count). The molecule has 0 spiro atoms. The minimum atomic E-state index is -0.308. The van der Waals surface area contributed by atoms with E-state index in [1.165, 1.54) is 10.3 Å². The third kappa shape index (κ3) is 3.05. The van der Waals surface area contributed by atoms with Gasteiger partial charge in [0.2, 0.25) is 0 Å². The number of fused-ring (bicyclic) bond motifs is 1. The van der Waals surface area contributed by atoms with E-state index in [9.17, 15) is 4.79 Å². The molecule has 1 saturated heterocycles. The Labute approximate surface area is 144 Å². The lowest BCUT2D eigenvalue weighted by Crippen LogP contribution is -2.26. The van der Waals surface area contributed by atoms with Crippen molar-refractivity contribution in [1.29, 1.82) is 0 Å². The molecule has 1 amide bonds. The summed E-state index contributed by atoms with van der Waals surface area (Å²) in [4.78, 5) is 16.8. The normalized spacial score (nSPS) is 17.3. The van der Waals surface area contributed by atoms with E-state index in [0.717, 1.165) is 34.6 Å². The maximum atomic E-state index is 12.1. The summed E-state index contributed by atoms with van der Waals surface area (Å²) in [6, 6.07) is 14.1. The second-order valence-electron chi connectivity index (χ2n) is 6.06. The number of rotatable bonds is 3. The number of anilines is 1. The fraction of sp³-hybridized carbons (Fsp3) is 0.263. The zero-order valence-electron chi connectivity index (χ0n) is 13.4. The van der Waals surface area contributed by atoms with Crippen molar-refractivity contribution in [3.8, 4) is 10.6 Å². The number of aromatic nitrogens is 1. The highest BCUT2D eigenvalue weighted by Crippen LogP contribution is 2.31. The molecule has 24 heavy (non-hydrogen) atoms. The molecule has 2 aromatic carbocycles. The van der Waals surface area contributed by atoms with E-state index in [0.29, 0.717) is 6.61 Å². The molecule has 1 atom stereocenters. The number of aryl methyl sites for hydroxylation is 1. The van der Waals surface area contributed by atoms with Gasteiger partial charge in [0.15, 0.2) is 0 Å². The second-order valence-corrected chi connectivity index (χ2v) is 7.09. The van der Waals surface area contributed by atoms with Crippen molar-refractivity contribution in [3.63, 3.8) is 0 Å². The van der Waals surface area contributed by atoms with E-state index in [2.05, 4.69) is 35.4 Å². The van der Waals surface area contributed by atoms with E-state index in [1.54, 1.807) is 11.3 Å². The van der Waals surface area contributed by atoms with Gasteiger partial charge >= 0.3 is 0 Å². The summed E-state index contributed by atoms with van der Waals surface area (Å²) in [5.74, 6) is -0.0595. The average molecular weight is 338 g/mol. The Hall–Kier alpha value is -2.24. The minimum absolute atomic E-state index is 0.0595. The predicted molar refractivity (Wildman–Crippen MR) is 97.4 cm³/mol. The highest BCUT2D eigenvalue weighted by molar-refractivity contribution is 7.21. The van der Waals surface area contributed by atoms with Gasteiger partial charge < -0.3 is 10.1 Å². The van der Waals surface area contributed by atoms with Gasteiger partial charge in [-0.2, -0.15) is 0 Å². The van der Waals surface area contributed by atoms with Crippen LogP contribution in [0.15, 0.2) is 42.5 Å². The topological polar surface area (TPSA) is 51.2 Å². The molecule has 1 aromatic heterocycles. The molecule has 1 aliphatic heterocycles. The molecule has 1 N–H and O–H groups in total. The highest BCUT2D eigenvalue weighted by atomic mass is 32.1. The smallest absolute Gasteiger partial charge is 0.253 e. The lowest BCUT2D eigenvalue weighted by atomic mass is 10.2. The van der Waals surface area contributed by atoms with Crippen LogP contribution in [0.25, 0.3) is 20.8 Å². The quantitative estimate of drug-likeness (QED) is 0.770. The van der Waals surface area contributed by atoms with Crippen molar-refractivity contribution in [3.05, 3.63) is 48.0 Å². The Bertz CT molecular complexity index is 880. The van der Waals surface area contributed by atoms with Crippen molar-refractivity contribution in [2.45, 2.75) is 25.9 Å². The van der Waals surface area contributed by atoms with E-state index in [1.807, 2.05) is 24.3 Å². The summed E-state index contributed by atoms with van der Waals surface area (Å²) in [6.07, 6.45) is 1.44. The Morgan fingerprint density at radius 3 is 2.83 bits per heavy atom. The highest BCUT2D eigenvalue weighted by Gasteiger charge is 2.23.